The summed E-state index contributed by atoms with van der Waals surface area (Å²) in [6, 6.07) is 11.5. The maximum Gasteiger partial charge on any atom is 0.251 e. The van der Waals surface area contributed by atoms with E-state index >= 15 is 0 Å². The van der Waals surface area contributed by atoms with Gasteiger partial charge in [0, 0.05) is 18.7 Å². The van der Waals surface area contributed by atoms with Crippen molar-refractivity contribution in [3.8, 4) is 5.75 Å². The number of benzene rings is 2. The van der Waals surface area contributed by atoms with Gasteiger partial charge in [-0.2, -0.15) is 4.31 Å². The fourth-order valence-corrected chi connectivity index (χ4v) is 4.89. The van der Waals surface area contributed by atoms with Gasteiger partial charge in [0.05, 0.1) is 17.7 Å². The van der Waals surface area contributed by atoms with Crippen molar-refractivity contribution in [3.63, 3.8) is 0 Å². The van der Waals surface area contributed by atoms with Gasteiger partial charge in [0.25, 0.3) is 5.91 Å². The van der Waals surface area contributed by atoms with Gasteiger partial charge in [0.2, 0.25) is 10.0 Å². The third-order valence-corrected chi connectivity index (χ3v) is 7.09. The molecule has 1 amide bonds. The fourth-order valence-electron chi connectivity index (χ4n) is 2.93. The number of nitrogens with one attached hydrogen (secondary N) is 1. The van der Waals surface area contributed by atoms with Crippen LogP contribution >= 0.6 is 11.6 Å². The van der Waals surface area contributed by atoms with Crippen molar-refractivity contribution in [3.05, 3.63) is 58.6 Å². The minimum absolute atomic E-state index is 0.0655. The first kappa shape index (κ1) is 23.2. The second-order valence-electron chi connectivity index (χ2n) is 6.43. The van der Waals surface area contributed by atoms with Crippen LogP contribution in [0.2, 0.25) is 5.02 Å². The molecule has 2 aromatic carbocycles. The Bertz CT molecular complexity index is 942. The van der Waals surface area contributed by atoms with E-state index in [-0.39, 0.29) is 27.4 Å². The summed E-state index contributed by atoms with van der Waals surface area (Å²) < 4.78 is 32.4. The highest BCUT2D eigenvalue weighted by atomic mass is 35.5. The zero-order chi connectivity index (χ0) is 21.6. The van der Waals surface area contributed by atoms with E-state index < -0.39 is 10.0 Å². The number of carbonyl (C=O) groups excluding carboxylic acids is 1. The van der Waals surface area contributed by atoms with Crippen LogP contribution in [0.5, 0.6) is 5.75 Å². The Labute approximate surface area is 177 Å². The molecular formula is C21H27ClN2O4S. The summed E-state index contributed by atoms with van der Waals surface area (Å²) >= 11 is 6.14. The molecule has 0 bridgehead atoms. The van der Waals surface area contributed by atoms with Gasteiger partial charge in [-0.05, 0) is 49.7 Å². The molecule has 0 saturated heterocycles. The van der Waals surface area contributed by atoms with E-state index in [1.165, 1.54) is 22.5 Å². The Morgan fingerprint density at radius 1 is 1.10 bits per heavy atom. The Kier molecular flexibility index (Phi) is 8.07. The second kappa shape index (κ2) is 10.1. The van der Waals surface area contributed by atoms with E-state index in [1.807, 2.05) is 38.1 Å². The molecule has 29 heavy (non-hydrogen) atoms. The van der Waals surface area contributed by atoms with E-state index in [2.05, 4.69) is 5.32 Å². The molecule has 2 rings (SSSR count). The lowest BCUT2D eigenvalue weighted by atomic mass is 10.1. The predicted molar refractivity (Wildman–Crippen MR) is 115 cm³/mol. The molecule has 2 aromatic rings. The van der Waals surface area contributed by atoms with Gasteiger partial charge in [-0.15, -0.1) is 0 Å². The lowest BCUT2D eigenvalue weighted by molar-refractivity contribution is 0.0939. The van der Waals surface area contributed by atoms with Crippen molar-refractivity contribution in [2.75, 3.05) is 19.7 Å². The zero-order valence-electron chi connectivity index (χ0n) is 17.1. The summed E-state index contributed by atoms with van der Waals surface area (Å²) in [5.41, 5.74) is 1.14. The zero-order valence-corrected chi connectivity index (χ0v) is 18.7. The van der Waals surface area contributed by atoms with Crippen molar-refractivity contribution >= 4 is 27.5 Å². The van der Waals surface area contributed by atoms with Gasteiger partial charge < -0.3 is 10.1 Å². The predicted octanol–water partition coefficient (Wildman–Crippen LogP) is 4.26. The standard InChI is InChI=1S/C21H27ClN2O4S/c1-5-24(6-2)29(26,27)20-14-17(10-13-19(20)22)21(25)23-15(4)16-8-11-18(12-9-16)28-7-3/h8-15H,5-7H2,1-4H3,(H,23,25). The molecule has 0 saturated carbocycles. The Balaban J connectivity index is 2.23. The van der Waals surface area contributed by atoms with Gasteiger partial charge in [-0.1, -0.05) is 37.6 Å². The molecule has 0 aliphatic heterocycles. The third kappa shape index (κ3) is 5.50. The number of nitrogens with zero attached hydrogens (tertiary/aromatic N) is 1. The molecule has 158 valence electrons. The molecule has 0 heterocycles. The summed E-state index contributed by atoms with van der Waals surface area (Å²) in [6.07, 6.45) is 0. The SMILES string of the molecule is CCOc1ccc(C(C)NC(=O)c2ccc(Cl)c(S(=O)(=O)N(CC)CC)c2)cc1. The molecule has 0 aliphatic rings. The van der Waals surface area contributed by atoms with Gasteiger partial charge >= 0.3 is 0 Å². The van der Waals surface area contributed by atoms with Crippen molar-refractivity contribution in [1.29, 1.82) is 0 Å². The number of amides is 1. The number of hydrogen-bond acceptors (Lipinski definition) is 4. The molecule has 1 unspecified atom stereocenters. The van der Waals surface area contributed by atoms with Crippen molar-refractivity contribution in [2.24, 2.45) is 0 Å². The summed E-state index contributed by atoms with van der Waals surface area (Å²) in [5, 5.41) is 2.98. The molecule has 6 nitrogen and oxygen atoms in total. The first-order valence-corrected chi connectivity index (χ1v) is 11.4. The largest absolute Gasteiger partial charge is 0.494 e. The van der Waals surface area contributed by atoms with Crippen molar-refractivity contribution in [2.45, 2.75) is 38.6 Å². The Hall–Kier alpha value is -2.09. The van der Waals surface area contributed by atoms with E-state index in [0.29, 0.717) is 19.7 Å². The van der Waals surface area contributed by atoms with Crippen LogP contribution in [0.1, 0.15) is 49.7 Å². The van der Waals surface area contributed by atoms with Gasteiger partial charge in [-0.25, -0.2) is 8.42 Å². The molecule has 0 fully saturated rings. The number of hydrogen-bond donors (Lipinski definition) is 1. The number of rotatable bonds is 9. The average Bonchev–Trinajstić information content (AvgIpc) is 2.69. The molecule has 0 radical (unpaired) electrons. The highest BCUT2D eigenvalue weighted by molar-refractivity contribution is 7.89. The quantitative estimate of drug-likeness (QED) is 0.634. The van der Waals surface area contributed by atoms with E-state index in [0.717, 1.165) is 11.3 Å². The first-order chi connectivity index (χ1) is 13.7. The molecular weight excluding hydrogens is 412 g/mol. The summed E-state index contributed by atoms with van der Waals surface area (Å²) in [4.78, 5) is 12.6. The summed E-state index contributed by atoms with van der Waals surface area (Å²) in [5.74, 6) is 0.387. The van der Waals surface area contributed by atoms with Crippen molar-refractivity contribution in [1.82, 2.24) is 9.62 Å². The van der Waals surface area contributed by atoms with Crippen LogP contribution in [-0.2, 0) is 10.0 Å². The molecule has 0 spiro atoms. The van der Waals surface area contributed by atoms with Gasteiger partial charge in [0.1, 0.15) is 10.6 Å². The molecule has 8 heteroatoms. The maximum atomic E-state index is 12.8. The molecule has 0 aromatic heterocycles. The van der Waals surface area contributed by atoms with Crippen LogP contribution < -0.4 is 10.1 Å². The monoisotopic (exact) mass is 438 g/mol. The number of ether oxygens (including phenoxy) is 1. The molecule has 1 atom stereocenters. The lowest BCUT2D eigenvalue weighted by Gasteiger charge is -2.20. The van der Waals surface area contributed by atoms with E-state index in [1.54, 1.807) is 13.8 Å². The molecule has 1 N–H and O–H groups in total. The Morgan fingerprint density at radius 2 is 1.72 bits per heavy atom. The van der Waals surface area contributed by atoms with Crippen molar-refractivity contribution < 1.29 is 17.9 Å². The third-order valence-electron chi connectivity index (χ3n) is 4.56. The number of halogens is 1. The fraction of sp³-hybridized carbons (Fsp3) is 0.381. The number of carbonyl (C=O) groups is 1. The average molecular weight is 439 g/mol. The lowest BCUT2D eigenvalue weighted by Crippen LogP contribution is -2.31. The Morgan fingerprint density at radius 3 is 2.28 bits per heavy atom. The van der Waals surface area contributed by atoms with Gasteiger partial charge in [-0.3, -0.25) is 4.79 Å². The van der Waals surface area contributed by atoms with Gasteiger partial charge in [0.15, 0.2) is 0 Å². The van der Waals surface area contributed by atoms with Crippen LogP contribution in [0, 0.1) is 0 Å². The topological polar surface area (TPSA) is 75.7 Å². The second-order valence-corrected chi connectivity index (χ2v) is 8.75. The van der Waals surface area contributed by atoms with Crippen LogP contribution in [-0.4, -0.2) is 38.3 Å². The van der Waals surface area contributed by atoms with E-state index in [4.69, 9.17) is 16.3 Å². The normalized spacial score (nSPS) is 12.6. The smallest absolute Gasteiger partial charge is 0.251 e. The number of sulfonamides is 1. The van der Waals surface area contributed by atoms with Crippen LogP contribution in [0.25, 0.3) is 0 Å². The highest BCUT2D eigenvalue weighted by Crippen LogP contribution is 2.26. The van der Waals surface area contributed by atoms with Crippen LogP contribution in [0.4, 0.5) is 0 Å². The summed E-state index contributed by atoms with van der Waals surface area (Å²) in [6.45, 7) is 8.50. The first-order valence-electron chi connectivity index (χ1n) is 9.57. The summed E-state index contributed by atoms with van der Waals surface area (Å²) in [7, 11) is -3.77. The van der Waals surface area contributed by atoms with Crippen LogP contribution in [0.15, 0.2) is 47.4 Å². The maximum absolute atomic E-state index is 12.8. The van der Waals surface area contributed by atoms with E-state index in [9.17, 15) is 13.2 Å². The van der Waals surface area contributed by atoms with Crippen LogP contribution in [0.3, 0.4) is 0 Å². The minimum Gasteiger partial charge on any atom is -0.494 e. The minimum atomic E-state index is -3.77. The highest BCUT2D eigenvalue weighted by Gasteiger charge is 2.25. The molecule has 0 aliphatic carbocycles.